The van der Waals surface area contributed by atoms with E-state index < -0.39 is 11.9 Å². The molecule has 0 atom stereocenters. The summed E-state index contributed by atoms with van der Waals surface area (Å²) in [7, 11) is 0. The van der Waals surface area contributed by atoms with Crippen LogP contribution in [0.5, 0.6) is 0 Å². The number of halogens is 3. The number of hydrogen-bond acceptors (Lipinski definition) is 1. The standard InChI is InChI=1S/C10H9F3N2/c1-6-3-7(2)9-14-8(10(11,12)13)5-15(9)4-6/h3-5H,1-2H3. The zero-order valence-electron chi connectivity index (χ0n) is 8.26. The van der Waals surface area contributed by atoms with Crippen molar-refractivity contribution in [2.75, 3.05) is 0 Å². The van der Waals surface area contributed by atoms with E-state index >= 15 is 0 Å². The highest BCUT2D eigenvalue weighted by Gasteiger charge is 2.34. The first-order valence-electron chi connectivity index (χ1n) is 4.41. The maximum absolute atomic E-state index is 12.4. The van der Waals surface area contributed by atoms with E-state index in [-0.39, 0.29) is 0 Å². The van der Waals surface area contributed by atoms with Crippen molar-refractivity contribution < 1.29 is 13.2 Å². The average Bonchev–Trinajstić information content (AvgIpc) is 2.46. The Labute approximate surface area is 84.4 Å². The molecule has 5 heteroatoms. The molecule has 2 nitrogen and oxygen atoms in total. The lowest BCUT2D eigenvalue weighted by molar-refractivity contribution is -0.140. The summed E-state index contributed by atoms with van der Waals surface area (Å²) >= 11 is 0. The van der Waals surface area contributed by atoms with Crippen LogP contribution < -0.4 is 0 Å². The van der Waals surface area contributed by atoms with Crippen molar-refractivity contribution in [3.8, 4) is 0 Å². The fourth-order valence-electron chi connectivity index (χ4n) is 1.58. The molecule has 2 aromatic heterocycles. The number of alkyl halides is 3. The molecular formula is C10H9F3N2. The highest BCUT2D eigenvalue weighted by molar-refractivity contribution is 5.49. The Bertz CT molecular complexity index is 511. The van der Waals surface area contributed by atoms with Gasteiger partial charge in [-0.1, -0.05) is 6.07 Å². The second-order valence-electron chi connectivity index (χ2n) is 3.56. The van der Waals surface area contributed by atoms with Gasteiger partial charge in [-0.25, -0.2) is 4.98 Å². The summed E-state index contributed by atoms with van der Waals surface area (Å²) in [6, 6.07) is 1.81. The molecule has 0 saturated heterocycles. The van der Waals surface area contributed by atoms with Gasteiger partial charge in [-0.05, 0) is 25.0 Å². The monoisotopic (exact) mass is 214 g/mol. The molecule has 0 fully saturated rings. The molecule has 0 aliphatic carbocycles. The van der Waals surface area contributed by atoms with E-state index in [1.54, 1.807) is 13.1 Å². The lowest BCUT2D eigenvalue weighted by Gasteiger charge is -1.98. The van der Waals surface area contributed by atoms with Gasteiger partial charge in [0.2, 0.25) is 0 Å². The van der Waals surface area contributed by atoms with Crippen molar-refractivity contribution in [1.82, 2.24) is 9.38 Å². The molecule has 80 valence electrons. The van der Waals surface area contributed by atoms with Crippen LogP contribution >= 0.6 is 0 Å². The Morgan fingerprint density at radius 3 is 2.47 bits per heavy atom. The van der Waals surface area contributed by atoms with Gasteiger partial charge >= 0.3 is 6.18 Å². The van der Waals surface area contributed by atoms with E-state index in [1.807, 2.05) is 13.0 Å². The van der Waals surface area contributed by atoms with Gasteiger partial charge < -0.3 is 4.40 Å². The number of nitrogens with zero attached hydrogens (tertiary/aromatic N) is 2. The fraction of sp³-hybridized carbons (Fsp3) is 0.300. The van der Waals surface area contributed by atoms with Crippen LogP contribution in [0.4, 0.5) is 13.2 Å². The number of aromatic nitrogens is 2. The van der Waals surface area contributed by atoms with Crippen LogP contribution in [0.15, 0.2) is 18.5 Å². The highest BCUT2D eigenvalue weighted by Crippen LogP contribution is 2.29. The van der Waals surface area contributed by atoms with Crippen LogP contribution in [0.1, 0.15) is 16.8 Å². The number of hydrogen-bond donors (Lipinski definition) is 0. The Hall–Kier alpha value is -1.52. The third-order valence-electron chi connectivity index (χ3n) is 2.16. The minimum atomic E-state index is -4.38. The number of rotatable bonds is 0. The molecular weight excluding hydrogens is 205 g/mol. The highest BCUT2D eigenvalue weighted by atomic mass is 19.4. The van der Waals surface area contributed by atoms with Gasteiger partial charge in [0.1, 0.15) is 5.65 Å². The van der Waals surface area contributed by atoms with Crippen LogP contribution in [0, 0.1) is 13.8 Å². The zero-order chi connectivity index (χ0) is 11.2. The maximum Gasteiger partial charge on any atom is 0.434 e. The molecule has 0 bridgehead atoms. The topological polar surface area (TPSA) is 17.3 Å². The quantitative estimate of drug-likeness (QED) is 0.659. The summed E-state index contributed by atoms with van der Waals surface area (Å²) < 4.78 is 38.6. The van der Waals surface area contributed by atoms with Crippen molar-refractivity contribution in [2.45, 2.75) is 20.0 Å². The van der Waals surface area contributed by atoms with Gasteiger partial charge in [-0.3, -0.25) is 0 Å². The molecule has 0 spiro atoms. The van der Waals surface area contributed by atoms with E-state index in [9.17, 15) is 13.2 Å². The Morgan fingerprint density at radius 2 is 1.87 bits per heavy atom. The first-order chi connectivity index (χ1) is 6.88. The Morgan fingerprint density at radius 1 is 1.20 bits per heavy atom. The zero-order valence-corrected chi connectivity index (χ0v) is 8.26. The predicted molar refractivity (Wildman–Crippen MR) is 49.7 cm³/mol. The summed E-state index contributed by atoms with van der Waals surface area (Å²) in [5, 5.41) is 0. The molecule has 15 heavy (non-hydrogen) atoms. The first-order valence-corrected chi connectivity index (χ1v) is 4.41. The van der Waals surface area contributed by atoms with Gasteiger partial charge in [0.25, 0.3) is 0 Å². The Balaban J connectivity index is 2.71. The van der Waals surface area contributed by atoms with Crippen LogP contribution in [0.3, 0.4) is 0 Å². The molecule has 0 amide bonds. The van der Waals surface area contributed by atoms with Crippen LogP contribution in [0.2, 0.25) is 0 Å². The minimum absolute atomic E-state index is 0.355. The van der Waals surface area contributed by atoms with Crippen LogP contribution in [-0.2, 0) is 6.18 Å². The van der Waals surface area contributed by atoms with Crippen molar-refractivity contribution in [3.63, 3.8) is 0 Å². The van der Waals surface area contributed by atoms with Gasteiger partial charge in [0.05, 0.1) is 0 Å². The third kappa shape index (κ3) is 1.69. The smallest absolute Gasteiger partial charge is 0.306 e. The lowest BCUT2D eigenvalue weighted by Crippen LogP contribution is -2.04. The van der Waals surface area contributed by atoms with Crippen molar-refractivity contribution >= 4 is 5.65 Å². The second kappa shape index (κ2) is 2.98. The van der Waals surface area contributed by atoms with E-state index in [4.69, 9.17) is 0 Å². The number of pyridine rings is 1. The predicted octanol–water partition coefficient (Wildman–Crippen LogP) is 2.97. The summed E-state index contributed by atoms with van der Waals surface area (Å²) in [6.07, 6.45) is -1.74. The molecule has 0 N–H and O–H groups in total. The number of aryl methyl sites for hydroxylation is 2. The van der Waals surface area contributed by atoms with E-state index in [2.05, 4.69) is 4.98 Å². The van der Waals surface area contributed by atoms with Gasteiger partial charge in [0, 0.05) is 12.4 Å². The van der Waals surface area contributed by atoms with Crippen molar-refractivity contribution in [3.05, 3.63) is 35.3 Å². The second-order valence-corrected chi connectivity index (χ2v) is 3.56. The van der Waals surface area contributed by atoms with Crippen molar-refractivity contribution in [2.24, 2.45) is 0 Å². The average molecular weight is 214 g/mol. The lowest BCUT2D eigenvalue weighted by atomic mass is 10.2. The van der Waals surface area contributed by atoms with Crippen molar-refractivity contribution in [1.29, 1.82) is 0 Å². The number of fused-ring (bicyclic) bond motifs is 1. The van der Waals surface area contributed by atoms with Gasteiger partial charge in [-0.15, -0.1) is 0 Å². The largest absolute Gasteiger partial charge is 0.434 e. The third-order valence-corrected chi connectivity index (χ3v) is 2.16. The molecule has 0 aromatic carbocycles. The fourth-order valence-corrected chi connectivity index (χ4v) is 1.58. The summed E-state index contributed by atoms with van der Waals surface area (Å²) in [4.78, 5) is 3.56. The molecule has 0 unspecified atom stereocenters. The van der Waals surface area contributed by atoms with Crippen LogP contribution in [0.25, 0.3) is 5.65 Å². The van der Waals surface area contributed by atoms with E-state index in [1.165, 1.54) is 4.40 Å². The van der Waals surface area contributed by atoms with E-state index in [0.717, 1.165) is 17.3 Å². The normalized spacial score (nSPS) is 12.3. The SMILES string of the molecule is Cc1cc(C)c2nc(C(F)(F)F)cn2c1. The number of imidazole rings is 1. The van der Waals surface area contributed by atoms with Gasteiger partial charge in [-0.2, -0.15) is 13.2 Å². The molecule has 0 aliphatic rings. The maximum atomic E-state index is 12.4. The molecule has 0 aliphatic heterocycles. The Kier molecular flexibility index (Phi) is 1.99. The summed E-state index contributed by atoms with van der Waals surface area (Å²) in [5.74, 6) is 0. The van der Waals surface area contributed by atoms with Gasteiger partial charge in [0.15, 0.2) is 5.69 Å². The molecule has 0 radical (unpaired) electrons. The molecule has 2 rings (SSSR count). The summed E-state index contributed by atoms with van der Waals surface area (Å²) in [5.41, 5.74) is 1.15. The first kappa shape index (κ1) is 10.0. The summed E-state index contributed by atoms with van der Waals surface area (Å²) in [6.45, 7) is 3.58. The van der Waals surface area contributed by atoms with E-state index in [0.29, 0.717) is 5.65 Å². The molecule has 2 aromatic rings. The molecule has 0 saturated carbocycles. The minimum Gasteiger partial charge on any atom is -0.306 e. The van der Waals surface area contributed by atoms with Crippen LogP contribution in [-0.4, -0.2) is 9.38 Å². The molecule has 2 heterocycles.